The quantitative estimate of drug-likeness (QED) is 0.295. The molecule has 0 bridgehead atoms. The van der Waals surface area contributed by atoms with E-state index in [0.717, 1.165) is 10.5 Å². The van der Waals surface area contributed by atoms with Crippen molar-refractivity contribution < 1.29 is 42.5 Å². The minimum Gasteiger partial charge on any atom is -0.744 e. The largest absolute Gasteiger partial charge is 1.00 e. The monoisotopic (exact) mass is 427 g/mol. The molecule has 0 saturated heterocycles. The van der Waals surface area contributed by atoms with E-state index in [1.165, 1.54) is 6.07 Å². The van der Waals surface area contributed by atoms with Gasteiger partial charge in [0.15, 0.2) is 0 Å². The number of fused-ring (bicyclic) bond motifs is 1. The molecule has 3 aromatic carbocycles. The Morgan fingerprint density at radius 1 is 0.960 bits per heavy atom. The fraction of sp³-hybridized carbons (Fsp3) is 0. The van der Waals surface area contributed by atoms with E-state index in [1.807, 2.05) is 6.07 Å². The summed E-state index contributed by atoms with van der Waals surface area (Å²) < 4.78 is 35.5. The van der Waals surface area contributed by atoms with Gasteiger partial charge in [-0.2, -0.15) is 5.11 Å². The van der Waals surface area contributed by atoms with Gasteiger partial charge in [-0.1, -0.05) is 46.3 Å². The number of benzene rings is 3. The number of azo groups is 1. The predicted octanol–water partition coefficient (Wildman–Crippen LogP) is 1.51. The zero-order valence-electron chi connectivity index (χ0n) is 13.2. The minimum absolute atomic E-state index is 0. The van der Waals surface area contributed by atoms with Gasteiger partial charge in [-0.15, -0.1) is 5.11 Å². The number of rotatable bonds is 3. The van der Waals surface area contributed by atoms with E-state index in [9.17, 15) is 13.0 Å². The molecule has 0 fully saturated rings. The predicted molar refractivity (Wildman–Crippen MR) is 94.6 cm³/mol. The molecule has 122 valence electrons. The molecule has 0 aliphatic heterocycles. The molecule has 0 spiro atoms. The van der Waals surface area contributed by atoms with Gasteiger partial charge in [-0.3, -0.25) is 0 Å². The third-order valence-corrected chi connectivity index (χ3v) is 4.75. The Morgan fingerprint density at radius 2 is 1.64 bits per heavy atom. The molecule has 0 saturated carbocycles. The standard InChI is InChI=1S/C16H12BrN3O3S.Na/c17-10-4-3-5-11(8-10)19-20-14-9-15(24(21,22)23)12-6-1-2-7-13(12)16(14)18;/h1-9H,18H2,(H,21,22,23);/q;+1/p-1. The summed E-state index contributed by atoms with van der Waals surface area (Å²) in [5.41, 5.74) is 7.01. The maximum atomic E-state index is 11.6. The molecular weight excluding hydrogens is 417 g/mol. The topological polar surface area (TPSA) is 108 Å². The van der Waals surface area contributed by atoms with Crippen molar-refractivity contribution in [3.05, 3.63) is 59.1 Å². The Morgan fingerprint density at radius 3 is 2.28 bits per heavy atom. The van der Waals surface area contributed by atoms with Gasteiger partial charge in [0.25, 0.3) is 0 Å². The van der Waals surface area contributed by atoms with Crippen LogP contribution in [0.4, 0.5) is 17.1 Å². The summed E-state index contributed by atoms with van der Waals surface area (Å²) in [6.07, 6.45) is 0. The number of hydrogen-bond acceptors (Lipinski definition) is 6. The van der Waals surface area contributed by atoms with Crippen molar-refractivity contribution in [1.29, 1.82) is 0 Å². The molecule has 0 atom stereocenters. The number of nitrogens with two attached hydrogens (primary N) is 1. The van der Waals surface area contributed by atoms with Crippen LogP contribution in [0, 0.1) is 0 Å². The molecule has 25 heavy (non-hydrogen) atoms. The van der Waals surface area contributed by atoms with Crippen LogP contribution < -0.4 is 35.3 Å². The number of anilines is 1. The van der Waals surface area contributed by atoms with Crippen LogP contribution in [-0.2, 0) is 10.1 Å². The molecule has 0 radical (unpaired) electrons. The van der Waals surface area contributed by atoms with Crippen molar-refractivity contribution in [1.82, 2.24) is 0 Å². The van der Waals surface area contributed by atoms with E-state index < -0.39 is 10.1 Å². The number of halogens is 1. The molecule has 0 heterocycles. The average Bonchev–Trinajstić information content (AvgIpc) is 2.53. The van der Waals surface area contributed by atoms with Crippen molar-refractivity contribution in [2.45, 2.75) is 4.90 Å². The molecule has 3 aromatic rings. The van der Waals surface area contributed by atoms with E-state index in [2.05, 4.69) is 26.2 Å². The first-order valence-corrected chi connectivity index (χ1v) is 9.01. The van der Waals surface area contributed by atoms with E-state index in [1.54, 1.807) is 36.4 Å². The van der Waals surface area contributed by atoms with Crippen molar-refractivity contribution in [3.8, 4) is 0 Å². The van der Waals surface area contributed by atoms with E-state index in [0.29, 0.717) is 11.1 Å². The Labute approximate surface area is 175 Å². The first-order chi connectivity index (χ1) is 11.4. The van der Waals surface area contributed by atoms with Gasteiger partial charge in [-0.25, -0.2) is 8.42 Å². The molecule has 9 heteroatoms. The van der Waals surface area contributed by atoms with Crippen LogP contribution in [0.1, 0.15) is 0 Å². The van der Waals surface area contributed by atoms with Crippen LogP contribution in [0.2, 0.25) is 0 Å². The van der Waals surface area contributed by atoms with Gasteiger partial charge in [0.2, 0.25) is 0 Å². The zero-order chi connectivity index (χ0) is 17.3. The average molecular weight is 428 g/mol. The minimum atomic E-state index is -4.67. The van der Waals surface area contributed by atoms with Gasteiger partial charge in [0.05, 0.1) is 16.3 Å². The summed E-state index contributed by atoms with van der Waals surface area (Å²) in [6.45, 7) is 0. The summed E-state index contributed by atoms with van der Waals surface area (Å²) >= 11 is 3.33. The SMILES string of the molecule is Nc1c(N=Nc2cccc(Br)c2)cc(S(=O)(=O)[O-])c2ccccc12.[Na+]. The molecule has 3 rings (SSSR count). The Kier molecular flexibility index (Phi) is 6.36. The van der Waals surface area contributed by atoms with E-state index in [-0.39, 0.29) is 51.2 Å². The van der Waals surface area contributed by atoms with Crippen LogP contribution in [0.25, 0.3) is 10.8 Å². The van der Waals surface area contributed by atoms with Gasteiger partial charge >= 0.3 is 29.6 Å². The molecular formula is C16H11BrN3NaO3S. The fourth-order valence-electron chi connectivity index (χ4n) is 2.29. The Hall–Kier alpha value is -1.29. The van der Waals surface area contributed by atoms with Crippen molar-refractivity contribution in [3.63, 3.8) is 0 Å². The van der Waals surface area contributed by atoms with Crippen LogP contribution >= 0.6 is 15.9 Å². The molecule has 0 aliphatic carbocycles. The summed E-state index contributed by atoms with van der Waals surface area (Å²) in [6, 6.07) is 14.8. The normalized spacial score (nSPS) is 11.6. The van der Waals surface area contributed by atoms with E-state index in [4.69, 9.17) is 5.73 Å². The number of hydrogen-bond donors (Lipinski definition) is 1. The second kappa shape index (κ2) is 7.94. The Bertz CT molecular complexity index is 1070. The summed E-state index contributed by atoms with van der Waals surface area (Å²) in [4.78, 5) is -0.365. The number of nitrogens with zero attached hydrogens (tertiary/aromatic N) is 2. The van der Waals surface area contributed by atoms with Gasteiger partial charge in [0.1, 0.15) is 15.8 Å². The van der Waals surface area contributed by atoms with Crippen molar-refractivity contribution >= 4 is 53.9 Å². The van der Waals surface area contributed by atoms with Crippen LogP contribution in [-0.4, -0.2) is 13.0 Å². The molecule has 0 aromatic heterocycles. The first kappa shape index (κ1) is 20.0. The summed E-state index contributed by atoms with van der Waals surface area (Å²) in [5, 5.41) is 8.78. The van der Waals surface area contributed by atoms with Crippen LogP contribution in [0.15, 0.2) is 74.2 Å². The maximum Gasteiger partial charge on any atom is 1.00 e. The molecule has 0 aliphatic rings. The second-order valence-electron chi connectivity index (χ2n) is 4.99. The van der Waals surface area contributed by atoms with Gasteiger partial charge < -0.3 is 10.3 Å². The summed E-state index contributed by atoms with van der Waals surface area (Å²) in [5.74, 6) is 0. The molecule has 2 N–H and O–H groups in total. The maximum absolute atomic E-state index is 11.6. The van der Waals surface area contributed by atoms with E-state index >= 15 is 0 Å². The van der Waals surface area contributed by atoms with Crippen molar-refractivity contribution in [2.24, 2.45) is 10.2 Å². The second-order valence-corrected chi connectivity index (χ2v) is 7.25. The van der Waals surface area contributed by atoms with Crippen molar-refractivity contribution in [2.75, 3.05) is 5.73 Å². The van der Waals surface area contributed by atoms with Crippen LogP contribution in [0.5, 0.6) is 0 Å². The summed E-state index contributed by atoms with van der Waals surface area (Å²) in [7, 11) is -4.67. The molecule has 0 unspecified atom stereocenters. The van der Waals surface area contributed by atoms with Gasteiger partial charge in [0, 0.05) is 15.2 Å². The first-order valence-electron chi connectivity index (χ1n) is 6.81. The molecule has 6 nitrogen and oxygen atoms in total. The smallest absolute Gasteiger partial charge is 0.744 e. The fourth-order valence-corrected chi connectivity index (χ4v) is 3.38. The Balaban J connectivity index is 0.00000225. The number of nitrogen functional groups attached to an aromatic ring is 1. The van der Waals surface area contributed by atoms with Gasteiger partial charge in [-0.05, 0) is 24.3 Å². The third-order valence-electron chi connectivity index (χ3n) is 3.38. The third kappa shape index (κ3) is 4.46. The molecule has 0 amide bonds. The van der Waals surface area contributed by atoms with Crippen LogP contribution in [0.3, 0.4) is 0 Å². The zero-order valence-corrected chi connectivity index (χ0v) is 17.6.